The number of ether oxygens (including phenoxy) is 2. The lowest BCUT2D eigenvalue weighted by Crippen LogP contribution is -2.56. The lowest BCUT2D eigenvalue weighted by molar-refractivity contribution is -0.175. The van der Waals surface area contributed by atoms with Gasteiger partial charge in [-0.15, -0.1) is 0 Å². The minimum atomic E-state index is -1.05. The summed E-state index contributed by atoms with van der Waals surface area (Å²) in [6.07, 6.45) is 2.47. The summed E-state index contributed by atoms with van der Waals surface area (Å²) in [6, 6.07) is 0. The predicted octanol–water partition coefficient (Wildman–Crippen LogP) is 1.91. The number of amides is 1. The van der Waals surface area contributed by atoms with Crippen LogP contribution >= 0.6 is 0 Å². The first-order valence-corrected chi connectivity index (χ1v) is 8.89. The van der Waals surface area contributed by atoms with E-state index in [-0.39, 0.29) is 23.8 Å². The third-order valence-corrected chi connectivity index (χ3v) is 6.83. The third-order valence-electron chi connectivity index (χ3n) is 6.83. The number of nitrogens with zero attached hydrogens (tertiary/aromatic N) is 1. The van der Waals surface area contributed by atoms with Gasteiger partial charge in [0.05, 0.1) is 17.9 Å². The Kier molecular flexibility index (Phi) is 3.92. The standard InChI is InChI=1S/C18H27NO5/c1-5-23-13(20)12-6-10-19(11-7-12)14(21)18-9-8-17(4,15(22)24-18)16(18,2)3/h12H,5-11H2,1-4H3/t17-,18+/m1/s1. The zero-order valence-corrected chi connectivity index (χ0v) is 15.0. The van der Waals surface area contributed by atoms with Gasteiger partial charge in [0.15, 0.2) is 5.60 Å². The highest BCUT2D eigenvalue weighted by atomic mass is 16.6. The molecule has 0 aromatic heterocycles. The molecule has 3 rings (SSSR count). The van der Waals surface area contributed by atoms with E-state index in [1.807, 2.05) is 20.8 Å². The fraction of sp³-hybridized carbons (Fsp3) is 0.833. The molecule has 24 heavy (non-hydrogen) atoms. The van der Waals surface area contributed by atoms with Crippen LogP contribution in [0.5, 0.6) is 0 Å². The van der Waals surface area contributed by atoms with Crippen molar-refractivity contribution >= 4 is 17.8 Å². The molecule has 0 spiro atoms. The van der Waals surface area contributed by atoms with Gasteiger partial charge in [0.1, 0.15) is 0 Å². The van der Waals surface area contributed by atoms with E-state index < -0.39 is 16.4 Å². The van der Waals surface area contributed by atoms with Crippen LogP contribution in [0.4, 0.5) is 0 Å². The monoisotopic (exact) mass is 337 g/mol. The molecule has 0 N–H and O–H groups in total. The van der Waals surface area contributed by atoms with Crippen molar-refractivity contribution in [2.75, 3.05) is 19.7 Å². The first kappa shape index (κ1) is 17.2. The molecule has 6 nitrogen and oxygen atoms in total. The van der Waals surface area contributed by atoms with Gasteiger partial charge in [0, 0.05) is 18.5 Å². The van der Waals surface area contributed by atoms with E-state index >= 15 is 0 Å². The molecule has 3 fully saturated rings. The van der Waals surface area contributed by atoms with Crippen LogP contribution in [0.15, 0.2) is 0 Å². The fourth-order valence-electron chi connectivity index (χ4n) is 4.56. The van der Waals surface area contributed by atoms with Crippen LogP contribution in [0.3, 0.4) is 0 Å². The first-order chi connectivity index (χ1) is 11.2. The average molecular weight is 337 g/mol. The molecule has 3 aliphatic rings. The van der Waals surface area contributed by atoms with Crippen molar-refractivity contribution in [3.63, 3.8) is 0 Å². The minimum absolute atomic E-state index is 0.0932. The fourth-order valence-corrected chi connectivity index (χ4v) is 4.56. The van der Waals surface area contributed by atoms with Crippen molar-refractivity contribution in [3.05, 3.63) is 0 Å². The maximum absolute atomic E-state index is 13.2. The molecule has 0 radical (unpaired) electrons. The molecule has 2 aliphatic heterocycles. The molecule has 2 heterocycles. The number of rotatable bonds is 3. The second-order valence-corrected chi connectivity index (χ2v) is 7.99. The summed E-state index contributed by atoms with van der Waals surface area (Å²) in [4.78, 5) is 39.2. The summed E-state index contributed by atoms with van der Waals surface area (Å²) >= 11 is 0. The van der Waals surface area contributed by atoms with Crippen LogP contribution in [0.2, 0.25) is 0 Å². The van der Waals surface area contributed by atoms with Gasteiger partial charge in [-0.25, -0.2) is 0 Å². The van der Waals surface area contributed by atoms with E-state index in [4.69, 9.17) is 9.47 Å². The second-order valence-electron chi connectivity index (χ2n) is 7.99. The van der Waals surface area contributed by atoms with Crippen LogP contribution in [-0.2, 0) is 23.9 Å². The van der Waals surface area contributed by atoms with Crippen LogP contribution in [-0.4, -0.2) is 48.0 Å². The zero-order chi connectivity index (χ0) is 17.8. The lowest BCUT2D eigenvalue weighted by Gasteiger charge is -2.41. The van der Waals surface area contributed by atoms with Crippen molar-refractivity contribution in [1.29, 1.82) is 0 Å². The molecule has 2 saturated heterocycles. The van der Waals surface area contributed by atoms with Crippen LogP contribution in [0.1, 0.15) is 53.4 Å². The zero-order valence-electron chi connectivity index (χ0n) is 15.0. The summed E-state index contributed by atoms with van der Waals surface area (Å²) < 4.78 is 10.7. The number of fused-ring (bicyclic) bond motifs is 2. The molecular formula is C18H27NO5. The second kappa shape index (κ2) is 5.46. The Labute approximate surface area is 142 Å². The number of piperidine rings is 1. The summed E-state index contributed by atoms with van der Waals surface area (Å²) in [6.45, 7) is 9.03. The Hall–Kier alpha value is -1.59. The van der Waals surface area contributed by atoms with Crippen molar-refractivity contribution in [1.82, 2.24) is 4.90 Å². The number of carbonyl (C=O) groups is 3. The molecule has 2 bridgehead atoms. The van der Waals surface area contributed by atoms with Crippen molar-refractivity contribution in [2.45, 2.75) is 59.0 Å². The Bertz CT molecular complexity index is 578. The Morgan fingerprint density at radius 2 is 1.83 bits per heavy atom. The molecule has 2 atom stereocenters. The van der Waals surface area contributed by atoms with Crippen molar-refractivity contribution in [3.8, 4) is 0 Å². The number of hydrogen-bond acceptors (Lipinski definition) is 5. The van der Waals surface area contributed by atoms with Gasteiger partial charge in [-0.3, -0.25) is 14.4 Å². The average Bonchev–Trinajstić information content (AvgIpc) is 2.85. The lowest BCUT2D eigenvalue weighted by atomic mass is 9.66. The topological polar surface area (TPSA) is 72.9 Å². The molecule has 0 unspecified atom stereocenters. The maximum atomic E-state index is 13.2. The minimum Gasteiger partial charge on any atom is -0.466 e. The summed E-state index contributed by atoms with van der Waals surface area (Å²) in [7, 11) is 0. The van der Waals surface area contributed by atoms with Gasteiger partial charge in [-0.1, -0.05) is 13.8 Å². The van der Waals surface area contributed by atoms with Crippen LogP contribution in [0.25, 0.3) is 0 Å². The quantitative estimate of drug-likeness (QED) is 0.736. The van der Waals surface area contributed by atoms with Gasteiger partial charge < -0.3 is 14.4 Å². The van der Waals surface area contributed by atoms with Gasteiger partial charge in [0.25, 0.3) is 5.91 Å². The molecule has 134 valence electrons. The summed E-state index contributed by atoms with van der Waals surface area (Å²) in [5.74, 6) is -0.666. The SMILES string of the molecule is CCOC(=O)C1CCN(C(=O)[C@]23CC[C@](C)(C(=O)O2)C3(C)C)CC1. The smallest absolute Gasteiger partial charge is 0.313 e. The van der Waals surface area contributed by atoms with E-state index in [0.29, 0.717) is 45.4 Å². The first-order valence-electron chi connectivity index (χ1n) is 8.89. The maximum Gasteiger partial charge on any atom is 0.313 e. The number of esters is 2. The van der Waals surface area contributed by atoms with E-state index in [1.54, 1.807) is 11.8 Å². The highest BCUT2D eigenvalue weighted by molar-refractivity contribution is 5.96. The number of hydrogen-bond donors (Lipinski definition) is 0. The number of likely N-dealkylation sites (tertiary alicyclic amines) is 1. The van der Waals surface area contributed by atoms with Gasteiger partial charge >= 0.3 is 11.9 Å². The van der Waals surface area contributed by atoms with E-state index in [2.05, 4.69) is 0 Å². The third kappa shape index (κ3) is 2.04. The Balaban J connectivity index is 1.73. The molecule has 1 saturated carbocycles. The largest absolute Gasteiger partial charge is 0.466 e. The van der Waals surface area contributed by atoms with E-state index in [1.165, 1.54) is 0 Å². The molecule has 1 amide bonds. The summed E-state index contributed by atoms with van der Waals surface area (Å²) in [5, 5.41) is 0. The predicted molar refractivity (Wildman–Crippen MR) is 85.9 cm³/mol. The number of carbonyl (C=O) groups excluding carboxylic acids is 3. The normalized spacial score (nSPS) is 35.0. The van der Waals surface area contributed by atoms with E-state index in [0.717, 1.165) is 0 Å². The summed E-state index contributed by atoms with van der Waals surface area (Å²) in [5.41, 5.74) is -2.16. The Morgan fingerprint density at radius 3 is 2.29 bits per heavy atom. The van der Waals surface area contributed by atoms with E-state index in [9.17, 15) is 14.4 Å². The van der Waals surface area contributed by atoms with Gasteiger partial charge in [-0.05, 0) is 39.5 Å². The van der Waals surface area contributed by atoms with Crippen LogP contribution < -0.4 is 0 Å². The molecule has 6 heteroatoms. The highest BCUT2D eigenvalue weighted by Crippen LogP contribution is 2.66. The highest BCUT2D eigenvalue weighted by Gasteiger charge is 2.76. The van der Waals surface area contributed by atoms with Gasteiger partial charge in [0.2, 0.25) is 0 Å². The van der Waals surface area contributed by atoms with Crippen molar-refractivity contribution < 1.29 is 23.9 Å². The van der Waals surface area contributed by atoms with Gasteiger partial charge in [-0.2, -0.15) is 0 Å². The Morgan fingerprint density at radius 1 is 1.21 bits per heavy atom. The molecule has 1 aliphatic carbocycles. The van der Waals surface area contributed by atoms with Crippen LogP contribution in [0, 0.1) is 16.7 Å². The van der Waals surface area contributed by atoms with Crippen molar-refractivity contribution in [2.24, 2.45) is 16.7 Å². The molecular weight excluding hydrogens is 310 g/mol. The molecule has 0 aromatic rings. The molecule has 0 aromatic carbocycles.